The second kappa shape index (κ2) is 11.5. The molecular formula is C36H36F2O6S. The molecule has 0 atom stereocenters. The first-order valence-electron chi connectivity index (χ1n) is 15.3. The number of carbonyl (C=O) groups is 2. The number of hydrogen-bond donors (Lipinski definition) is 0. The smallest absolute Gasteiger partial charge is 0.380 e. The summed E-state index contributed by atoms with van der Waals surface area (Å²) in [6.07, 6.45) is 4.99. The molecule has 3 aromatic carbocycles. The predicted octanol–water partition coefficient (Wildman–Crippen LogP) is 7.23. The summed E-state index contributed by atoms with van der Waals surface area (Å²) in [4.78, 5) is 25.6. The Hall–Kier alpha value is -3.85. The molecule has 236 valence electrons. The Morgan fingerprint density at radius 3 is 1.69 bits per heavy atom. The van der Waals surface area contributed by atoms with E-state index < -0.39 is 43.8 Å². The molecule has 0 amide bonds. The van der Waals surface area contributed by atoms with Crippen LogP contribution in [0.15, 0.2) is 97.1 Å². The second-order valence-electron chi connectivity index (χ2n) is 13.0. The van der Waals surface area contributed by atoms with Crippen molar-refractivity contribution < 1.29 is 36.3 Å². The monoisotopic (exact) mass is 634 g/mol. The molecule has 4 bridgehead atoms. The Labute approximate surface area is 262 Å². The minimum atomic E-state index is -5.55. The van der Waals surface area contributed by atoms with E-state index in [-0.39, 0.29) is 28.0 Å². The van der Waals surface area contributed by atoms with Gasteiger partial charge in [-0.25, -0.2) is 13.2 Å². The molecule has 0 spiro atoms. The fraction of sp³-hybridized carbons (Fsp3) is 0.389. The van der Waals surface area contributed by atoms with E-state index in [1.165, 1.54) is 55.5 Å². The highest BCUT2D eigenvalue weighted by Gasteiger charge is 2.62. The molecule has 4 fully saturated rings. The summed E-state index contributed by atoms with van der Waals surface area (Å²) in [6, 6.07) is 21.0. The van der Waals surface area contributed by atoms with E-state index in [1.54, 1.807) is 36.4 Å². The molecule has 0 aliphatic heterocycles. The lowest BCUT2D eigenvalue weighted by Crippen LogP contribution is -2.53. The van der Waals surface area contributed by atoms with Crippen LogP contribution >= 0.6 is 0 Å². The van der Waals surface area contributed by atoms with Crippen LogP contribution in [0.5, 0.6) is 5.75 Å². The Kier molecular flexibility index (Phi) is 7.96. The van der Waals surface area contributed by atoms with Gasteiger partial charge in [0.2, 0.25) is 9.84 Å². The lowest BCUT2D eigenvalue weighted by Gasteiger charge is -2.55. The molecule has 0 saturated heterocycles. The molecule has 0 N–H and O–H groups in total. The van der Waals surface area contributed by atoms with Gasteiger partial charge in [-0.2, -0.15) is 8.78 Å². The minimum absolute atomic E-state index is 0.00195. The Balaban J connectivity index is 1.41. The molecule has 0 unspecified atom stereocenters. The highest BCUT2D eigenvalue weighted by Crippen LogP contribution is 2.60. The average Bonchev–Trinajstić information content (AvgIpc) is 3.01. The van der Waals surface area contributed by atoms with E-state index >= 15 is 8.78 Å². The van der Waals surface area contributed by atoms with Crippen molar-refractivity contribution >= 4 is 21.8 Å². The lowest BCUT2D eigenvalue weighted by atomic mass is 9.49. The highest BCUT2D eigenvalue weighted by atomic mass is 32.2. The molecule has 0 radical (unpaired) electrons. The summed E-state index contributed by atoms with van der Waals surface area (Å²) < 4.78 is 70.5. The third-order valence-corrected chi connectivity index (χ3v) is 12.2. The zero-order valence-corrected chi connectivity index (χ0v) is 25.9. The number of sulfone groups is 1. The van der Waals surface area contributed by atoms with Gasteiger partial charge in [-0.05, 0) is 92.0 Å². The first kappa shape index (κ1) is 31.1. The molecule has 3 aromatic rings. The van der Waals surface area contributed by atoms with Gasteiger partial charge in [-0.1, -0.05) is 79.4 Å². The second-order valence-corrected chi connectivity index (χ2v) is 15.2. The summed E-state index contributed by atoms with van der Waals surface area (Å²) in [7, 11) is -5.55. The largest absolute Gasteiger partial charge is 0.458 e. The lowest BCUT2D eigenvalue weighted by molar-refractivity contribution is -0.176. The van der Waals surface area contributed by atoms with Gasteiger partial charge in [0, 0.05) is 5.57 Å². The molecule has 7 rings (SSSR count). The highest BCUT2D eigenvalue weighted by molar-refractivity contribution is 7.93. The van der Waals surface area contributed by atoms with Crippen LogP contribution in [0.1, 0.15) is 62.1 Å². The van der Waals surface area contributed by atoms with E-state index in [1.807, 2.05) is 0 Å². The Bertz CT molecular complexity index is 1630. The van der Waals surface area contributed by atoms with Crippen molar-refractivity contribution in [2.24, 2.45) is 23.2 Å². The van der Waals surface area contributed by atoms with Gasteiger partial charge in [0.15, 0.2) is 11.4 Å². The van der Waals surface area contributed by atoms with Crippen molar-refractivity contribution in [1.29, 1.82) is 0 Å². The number of carbonyl (C=O) groups excluding carboxylic acids is 2. The third kappa shape index (κ3) is 5.29. The molecule has 45 heavy (non-hydrogen) atoms. The number of halogens is 2. The van der Waals surface area contributed by atoms with Gasteiger partial charge in [-0.15, -0.1) is 0 Å². The van der Waals surface area contributed by atoms with Crippen molar-refractivity contribution in [3.05, 3.63) is 114 Å². The number of esters is 2. The standard InChI is InChI=1S/C36H36F2O6S/c1-24(2)32(39)44-31-15-13-30(14-16-31)36(28-9-5-3-6-10-28,29-11-7-4-8-12-29)45(41,42)35(37,38)23-43-33(40)34-20-25-17-26(21-34)19-27(18-25)22-34/h3-16,25-27H,1,17-23H2,2H3. The van der Waals surface area contributed by atoms with Crippen LogP contribution in [0.2, 0.25) is 0 Å². The van der Waals surface area contributed by atoms with Crippen molar-refractivity contribution in [3.8, 4) is 5.75 Å². The molecule has 9 heteroatoms. The van der Waals surface area contributed by atoms with E-state index in [0.29, 0.717) is 37.0 Å². The van der Waals surface area contributed by atoms with Crippen molar-refractivity contribution in [1.82, 2.24) is 0 Å². The zero-order chi connectivity index (χ0) is 32.0. The fourth-order valence-electron chi connectivity index (χ4n) is 8.23. The van der Waals surface area contributed by atoms with Crippen molar-refractivity contribution in [2.75, 3.05) is 6.61 Å². The molecule has 4 aliphatic rings. The van der Waals surface area contributed by atoms with Gasteiger partial charge < -0.3 is 9.47 Å². The van der Waals surface area contributed by atoms with E-state index in [9.17, 15) is 18.0 Å². The maximum atomic E-state index is 16.5. The first-order valence-corrected chi connectivity index (χ1v) is 16.7. The van der Waals surface area contributed by atoms with E-state index in [0.717, 1.165) is 19.3 Å². The van der Waals surface area contributed by atoms with E-state index in [4.69, 9.17) is 9.47 Å². The summed E-state index contributed by atoms with van der Waals surface area (Å²) in [5.41, 5.74) is -0.499. The molecule has 4 aliphatic carbocycles. The van der Waals surface area contributed by atoms with Crippen LogP contribution in [0.3, 0.4) is 0 Å². The summed E-state index contributed by atoms with van der Waals surface area (Å²) in [5.74, 6) is -0.154. The number of ether oxygens (including phenoxy) is 2. The van der Waals surface area contributed by atoms with E-state index in [2.05, 4.69) is 6.58 Å². The molecule has 0 aromatic heterocycles. The quantitative estimate of drug-likeness (QED) is 0.101. The third-order valence-electron chi connectivity index (χ3n) is 9.82. The predicted molar refractivity (Wildman–Crippen MR) is 165 cm³/mol. The van der Waals surface area contributed by atoms with Gasteiger partial charge in [0.1, 0.15) is 5.75 Å². The molecule has 0 heterocycles. The average molecular weight is 635 g/mol. The summed E-state index contributed by atoms with van der Waals surface area (Å²) in [6.45, 7) is 3.45. The maximum absolute atomic E-state index is 16.5. The van der Waals surface area contributed by atoms with Crippen LogP contribution in [-0.4, -0.2) is 32.2 Å². The zero-order valence-electron chi connectivity index (χ0n) is 25.1. The van der Waals surface area contributed by atoms with Gasteiger partial charge >= 0.3 is 17.2 Å². The number of hydrogen-bond acceptors (Lipinski definition) is 6. The Morgan fingerprint density at radius 1 is 0.800 bits per heavy atom. The summed E-state index contributed by atoms with van der Waals surface area (Å²) >= 11 is 0. The SMILES string of the molecule is C=C(C)C(=O)Oc1ccc(C(c2ccccc2)(c2ccccc2)S(=O)(=O)C(F)(F)COC(=O)C23CC4CC(CC(C4)C2)C3)cc1. The Morgan fingerprint density at radius 2 is 1.24 bits per heavy atom. The van der Waals surface area contributed by atoms with Crippen LogP contribution in [0.4, 0.5) is 8.78 Å². The van der Waals surface area contributed by atoms with Crippen molar-refractivity contribution in [3.63, 3.8) is 0 Å². The normalized spacial score (nSPS) is 24.2. The maximum Gasteiger partial charge on any atom is 0.380 e. The number of rotatable bonds is 10. The van der Waals surface area contributed by atoms with Gasteiger partial charge in [0.25, 0.3) is 0 Å². The molecular weight excluding hydrogens is 598 g/mol. The summed E-state index contributed by atoms with van der Waals surface area (Å²) in [5, 5.41) is -4.47. The fourth-order valence-corrected chi connectivity index (χ4v) is 10.2. The van der Waals surface area contributed by atoms with Gasteiger partial charge in [0.05, 0.1) is 5.41 Å². The molecule has 4 saturated carbocycles. The van der Waals surface area contributed by atoms with Gasteiger partial charge in [-0.3, -0.25) is 4.79 Å². The molecule has 6 nitrogen and oxygen atoms in total. The van der Waals surface area contributed by atoms with Crippen LogP contribution in [0.25, 0.3) is 0 Å². The van der Waals surface area contributed by atoms with Crippen LogP contribution in [0, 0.1) is 23.2 Å². The number of benzene rings is 3. The van der Waals surface area contributed by atoms with Crippen LogP contribution < -0.4 is 4.74 Å². The minimum Gasteiger partial charge on any atom is -0.458 e. The number of alkyl halides is 2. The van der Waals surface area contributed by atoms with Crippen molar-refractivity contribution in [2.45, 2.75) is 55.5 Å². The first-order chi connectivity index (χ1) is 21.4. The van der Waals surface area contributed by atoms with Crippen LogP contribution in [-0.2, 0) is 28.9 Å². The topological polar surface area (TPSA) is 86.7 Å².